The molecule has 0 unspecified atom stereocenters. The SMILES string of the molecule is CCCCCCCCCCCCCCCC[P+](CCCCCCCCCCCCCC)(CCCCCCCCCCCCCC)CCCCCCCCCCCCCC. The van der Waals surface area contributed by atoms with E-state index in [0.717, 1.165) is 0 Å². The molecule has 0 aliphatic rings. The van der Waals surface area contributed by atoms with Crippen LogP contribution < -0.4 is 0 Å². The van der Waals surface area contributed by atoms with Crippen LogP contribution in [0.15, 0.2) is 0 Å². The zero-order valence-corrected chi connectivity index (χ0v) is 43.5. The first kappa shape index (κ1) is 59.4. The molecule has 0 fully saturated rings. The van der Waals surface area contributed by atoms with Crippen molar-refractivity contribution in [3.63, 3.8) is 0 Å². The van der Waals surface area contributed by atoms with Gasteiger partial charge in [0.25, 0.3) is 0 Å². The molecule has 0 aromatic rings. The van der Waals surface area contributed by atoms with Gasteiger partial charge < -0.3 is 0 Å². The molecule has 0 rings (SSSR count). The highest BCUT2D eigenvalue weighted by molar-refractivity contribution is 7.75. The maximum absolute atomic E-state index is 2.34. The Morgan fingerprint density at radius 3 is 0.356 bits per heavy atom. The second-order valence-electron chi connectivity index (χ2n) is 20.5. The van der Waals surface area contributed by atoms with Crippen LogP contribution in [0, 0.1) is 0 Å². The Kier molecular flexibility index (Phi) is 53.2. The van der Waals surface area contributed by atoms with Crippen molar-refractivity contribution >= 4 is 7.26 Å². The molecule has 0 radical (unpaired) electrons. The van der Waals surface area contributed by atoms with E-state index in [9.17, 15) is 0 Å². The molecule has 0 bridgehead atoms. The van der Waals surface area contributed by atoms with Gasteiger partial charge in [-0.2, -0.15) is 0 Å². The maximum atomic E-state index is 2.34. The zero-order valence-electron chi connectivity index (χ0n) is 42.6. The predicted octanol–water partition coefficient (Wildman–Crippen LogP) is 22.6. The van der Waals surface area contributed by atoms with Crippen molar-refractivity contribution in [3.05, 3.63) is 0 Å². The first-order valence-electron chi connectivity index (χ1n) is 29.1. The lowest BCUT2D eigenvalue weighted by molar-refractivity contribution is 0.538. The van der Waals surface area contributed by atoms with Crippen molar-refractivity contribution in [2.75, 3.05) is 24.6 Å². The van der Waals surface area contributed by atoms with Gasteiger partial charge in [0.1, 0.15) is 0 Å². The van der Waals surface area contributed by atoms with E-state index in [4.69, 9.17) is 0 Å². The maximum Gasteiger partial charge on any atom is 0.0594 e. The number of hydrogen-bond donors (Lipinski definition) is 0. The van der Waals surface area contributed by atoms with Crippen molar-refractivity contribution < 1.29 is 0 Å². The first-order chi connectivity index (χ1) is 29.2. The standard InChI is InChI=1S/C58H120P/c1-5-9-13-17-21-25-29-33-34-38-42-46-50-54-58-59(55-51-47-43-39-35-30-26-22-18-14-10-6-2,56-52-48-44-40-36-31-27-23-19-15-11-7-3)57-53-49-45-41-37-32-28-24-20-16-12-8-4/h5-58H2,1-4H3/q+1. The Balaban J connectivity index is 4.90. The van der Waals surface area contributed by atoms with Crippen LogP contribution in [-0.2, 0) is 0 Å². The summed E-state index contributed by atoms with van der Waals surface area (Å²) in [5.74, 6) is 0. The molecule has 0 N–H and O–H groups in total. The van der Waals surface area contributed by atoms with E-state index in [1.54, 1.807) is 50.3 Å². The fourth-order valence-corrected chi connectivity index (χ4v) is 15.1. The predicted molar refractivity (Wildman–Crippen MR) is 280 cm³/mol. The lowest BCUT2D eigenvalue weighted by Gasteiger charge is -2.28. The molecule has 0 aliphatic heterocycles. The molecule has 0 nitrogen and oxygen atoms in total. The molecule has 356 valence electrons. The van der Waals surface area contributed by atoms with Crippen molar-refractivity contribution in [3.8, 4) is 0 Å². The largest absolute Gasteiger partial charge is 0.0654 e. The fraction of sp³-hybridized carbons (Fsp3) is 1.00. The van der Waals surface area contributed by atoms with Gasteiger partial charge in [0.2, 0.25) is 0 Å². The van der Waals surface area contributed by atoms with Gasteiger partial charge in [-0.15, -0.1) is 0 Å². The van der Waals surface area contributed by atoms with Gasteiger partial charge in [0, 0.05) is 7.26 Å². The summed E-state index contributed by atoms with van der Waals surface area (Å²) < 4.78 is 0. The van der Waals surface area contributed by atoms with Crippen molar-refractivity contribution in [2.24, 2.45) is 0 Å². The minimum absolute atomic E-state index is 0.820. The number of rotatable bonds is 54. The molecule has 59 heavy (non-hydrogen) atoms. The third-order valence-corrected chi connectivity index (χ3v) is 19.5. The average Bonchev–Trinajstić information content (AvgIpc) is 3.24. The zero-order chi connectivity index (χ0) is 42.7. The van der Waals surface area contributed by atoms with Crippen LogP contribution in [0.5, 0.6) is 0 Å². The Hall–Kier alpha value is 0.430. The van der Waals surface area contributed by atoms with Crippen molar-refractivity contribution in [1.82, 2.24) is 0 Å². The molecule has 0 saturated heterocycles. The lowest BCUT2D eigenvalue weighted by atomic mass is 10.0. The third-order valence-electron chi connectivity index (χ3n) is 14.4. The summed E-state index contributed by atoms with van der Waals surface area (Å²) in [6, 6.07) is 0. The number of unbranched alkanes of at least 4 members (excludes halogenated alkanes) is 46. The summed E-state index contributed by atoms with van der Waals surface area (Å²) in [6.45, 7) is 9.35. The van der Waals surface area contributed by atoms with E-state index in [2.05, 4.69) is 27.7 Å². The third kappa shape index (κ3) is 47.7. The highest BCUT2D eigenvalue weighted by Crippen LogP contribution is 2.61. The summed E-state index contributed by atoms with van der Waals surface area (Å²) in [7, 11) is -0.820. The van der Waals surface area contributed by atoms with Crippen LogP contribution >= 0.6 is 7.26 Å². The monoisotopic (exact) mass is 848 g/mol. The normalized spacial score (nSPS) is 12.0. The molecule has 0 aromatic heterocycles. The summed E-state index contributed by atoms with van der Waals surface area (Å²) in [6.07, 6.45) is 81.3. The van der Waals surface area contributed by atoms with Crippen molar-refractivity contribution in [1.29, 1.82) is 0 Å². The Labute approximate surface area is 379 Å². The van der Waals surface area contributed by atoms with Crippen LogP contribution in [0.2, 0.25) is 0 Å². The smallest absolute Gasteiger partial charge is 0.0594 e. The van der Waals surface area contributed by atoms with E-state index in [1.807, 2.05) is 0 Å². The Morgan fingerprint density at radius 1 is 0.136 bits per heavy atom. The summed E-state index contributed by atoms with van der Waals surface area (Å²) in [5.41, 5.74) is 0. The van der Waals surface area contributed by atoms with Crippen LogP contribution in [-0.4, -0.2) is 24.6 Å². The van der Waals surface area contributed by atoms with Crippen LogP contribution in [0.4, 0.5) is 0 Å². The van der Waals surface area contributed by atoms with Gasteiger partial charge in [-0.1, -0.05) is 297 Å². The van der Waals surface area contributed by atoms with Gasteiger partial charge in [-0.05, 0) is 51.4 Å². The lowest BCUT2D eigenvalue weighted by Crippen LogP contribution is -2.13. The molecule has 0 atom stereocenters. The topological polar surface area (TPSA) is 0 Å². The molecule has 0 amide bonds. The Morgan fingerprint density at radius 2 is 0.237 bits per heavy atom. The van der Waals surface area contributed by atoms with Crippen molar-refractivity contribution in [2.45, 2.75) is 349 Å². The van der Waals surface area contributed by atoms with Gasteiger partial charge in [-0.3, -0.25) is 0 Å². The summed E-state index contributed by atoms with van der Waals surface area (Å²) in [4.78, 5) is 0. The van der Waals surface area contributed by atoms with Crippen LogP contribution in [0.3, 0.4) is 0 Å². The summed E-state index contributed by atoms with van der Waals surface area (Å²) in [5, 5.41) is 0. The fourth-order valence-electron chi connectivity index (χ4n) is 10.2. The van der Waals surface area contributed by atoms with E-state index < -0.39 is 7.26 Å². The van der Waals surface area contributed by atoms with E-state index in [-0.39, 0.29) is 0 Å². The number of hydrogen-bond acceptors (Lipinski definition) is 0. The van der Waals surface area contributed by atoms with Gasteiger partial charge in [0.05, 0.1) is 24.6 Å². The highest BCUT2D eigenvalue weighted by Gasteiger charge is 2.35. The molecule has 0 spiro atoms. The van der Waals surface area contributed by atoms with E-state index >= 15 is 0 Å². The second kappa shape index (κ2) is 52.8. The van der Waals surface area contributed by atoms with Gasteiger partial charge in [-0.25, -0.2) is 0 Å². The quantitative estimate of drug-likeness (QED) is 0.0423. The van der Waals surface area contributed by atoms with Crippen LogP contribution in [0.25, 0.3) is 0 Å². The molecular formula is C58H120P+. The average molecular weight is 849 g/mol. The second-order valence-corrected chi connectivity index (χ2v) is 25.0. The first-order valence-corrected chi connectivity index (χ1v) is 31.6. The Bertz CT molecular complexity index is 645. The van der Waals surface area contributed by atoms with Gasteiger partial charge >= 0.3 is 0 Å². The van der Waals surface area contributed by atoms with Crippen LogP contribution in [0.1, 0.15) is 349 Å². The molecule has 0 aliphatic carbocycles. The van der Waals surface area contributed by atoms with E-state index in [0.29, 0.717) is 0 Å². The molecular weight excluding hydrogens is 728 g/mol. The molecule has 1 heteroatoms. The minimum atomic E-state index is -0.820. The van der Waals surface area contributed by atoms with E-state index in [1.165, 1.54) is 295 Å². The molecule has 0 aromatic carbocycles. The van der Waals surface area contributed by atoms with Gasteiger partial charge in [0.15, 0.2) is 0 Å². The molecule has 0 saturated carbocycles. The molecule has 0 heterocycles. The minimum Gasteiger partial charge on any atom is -0.0654 e. The highest BCUT2D eigenvalue weighted by atomic mass is 31.2. The summed E-state index contributed by atoms with van der Waals surface area (Å²) >= 11 is 0.